The molecule has 1 heteroatoms. The van der Waals surface area contributed by atoms with Crippen LogP contribution >= 0.6 is 0 Å². The molecule has 0 heterocycles. The largest absolute Gasteiger partial charge is 0.370 e. The van der Waals surface area contributed by atoms with Crippen LogP contribution in [0.5, 0.6) is 0 Å². The fourth-order valence-corrected chi connectivity index (χ4v) is 1.61. The minimum atomic E-state index is -1.20. The van der Waals surface area contributed by atoms with Gasteiger partial charge in [0.25, 0.3) is 0 Å². The minimum Gasteiger partial charge on any atom is -0.370 e. The van der Waals surface area contributed by atoms with Crippen molar-refractivity contribution in [1.82, 2.24) is 0 Å². The van der Waals surface area contributed by atoms with Crippen molar-refractivity contribution >= 4 is 0 Å². The molecule has 74 valence electrons. The fraction of sp³-hybridized carbons (Fsp3) is 0.143. The van der Waals surface area contributed by atoms with Crippen molar-refractivity contribution in [3.8, 4) is 12.3 Å². The molecule has 1 aromatic rings. The monoisotopic (exact) mass is 196 g/mol. The molecule has 0 saturated heterocycles. The van der Waals surface area contributed by atoms with Crippen LogP contribution < -0.4 is 0 Å². The molecule has 0 aromatic heterocycles. The number of hydrogen-bond acceptors (Lipinski definition) is 1. The summed E-state index contributed by atoms with van der Waals surface area (Å²) in [6.45, 7) is 0. The van der Waals surface area contributed by atoms with Gasteiger partial charge in [-0.05, 0) is 17.7 Å². The third-order valence-electron chi connectivity index (χ3n) is 2.53. The lowest BCUT2D eigenvalue weighted by Crippen LogP contribution is -2.22. The smallest absolute Gasteiger partial charge is 0.162 e. The van der Waals surface area contributed by atoms with Crippen molar-refractivity contribution in [3.05, 3.63) is 60.2 Å². The zero-order chi connectivity index (χ0) is 10.7. The van der Waals surface area contributed by atoms with Gasteiger partial charge in [-0.1, -0.05) is 48.4 Å². The Kier molecular flexibility index (Phi) is 2.45. The topological polar surface area (TPSA) is 20.2 Å². The first-order valence-corrected chi connectivity index (χ1v) is 4.87. The number of rotatable bonds is 1. The fourth-order valence-electron chi connectivity index (χ4n) is 1.61. The van der Waals surface area contributed by atoms with E-state index < -0.39 is 5.60 Å². The summed E-state index contributed by atoms with van der Waals surface area (Å²) in [5.41, 5.74) is -0.00488. The van der Waals surface area contributed by atoms with Gasteiger partial charge in [0.2, 0.25) is 0 Å². The zero-order valence-corrected chi connectivity index (χ0v) is 8.30. The maximum absolute atomic E-state index is 9.73. The van der Waals surface area contributed by atoms with Crippen LogP contribution in [0.15, 0.2) is 54.6 Å². The second-order valence-electron chi connectivity index (χ2n) is 3.62. The van der Waals surface area contributed by atoms with E-state index in [9.17, 15) is 5.11 Å². The highest BCUT2D eigenvalue weighted by Gasteiger charge is 2.20. The van der Waals surface area contributed by atoms with E-state index in [4.69, 9.17) is 6.42 Å². The van der Waals surface area contributed by atoms with E-state index in [-0.39, 0.29) is 5.92 Å². The van der Waals surface area contributed by atoms with Gasteiger partial charge in [0, 0.05) is 5.92 Å². The van der Waals surface area contributed by atoms with Gasteiger partial charge in [-0.15, -0.1) is 6.42 Å². The molecule has 0 spiro atoms. The highest BCUT2D eigenvalue weighted by Crippen LogP contribution is 2.25. The zero-order valence-electron chi connectivity index (χ0n) is 8.30. The Morgan fingerprint density at radius 2 is 1.73 bits per heavy atom. The first-order chi connectivity index (χ1) is 7.23. The molecule has 2 rings (SSSR count). The summed E-state index contributed by atoms with van der Waals surface area (Å²) < 4.78 is 0. The summed E-state index contributed by atoms with van der Waals surface area (Å²) in [6, 6.07) is 10.1. The Morgan fingerprint density at radius 1 is 1.13 bits per heavy atom. The van der Waals surface area contributed by atoms with E-state index in [0.717, 1.165) is 0 Å². The molecule has 0 radical (unpaired) electrons. The Hall–Kier alpha value is -1.78. The molecule has 0 bridgehead atoms. The van der Waals surface area contributed by atoms with Gasteiger partial charge in [-0.3, -0.25) is 0 Å². The van der Waals surface area contributed by atoms with Gasteiger partial charge in [-0.2, -0.15) is 0 Å². The highest BCUT2D eigenvalue weighted by molar-refractivity contribution is 5.39. The molecule has 0 aliphatic heterocycles. The molecule has 0 unspecified atom stereocenters. The van der Waals surface area contributed by atoms with E-state index in [1.165, 1.54) is 5.56 Å². The molecular weight excluding hydrogens is 184 g/mol. The Morgan fingerprint density at radius 3 is 2.27 bits per heavy atom. The number of aliphatic hydroxyl groups is 1. The van der Waals surface area contributed by atoms with E-state index in [2.05, 4.69) is 18.1 Å². The molecule has 1 aliphatic rings. The van der Waals surface area contributed by atoms with Gasteiger partial charge in [0.05, 0.1) is 0 Å². The van der Waals surface area contributed by atoms with Crippen molar-refractivity contribution in [2.45, 2.75) is 11.5 Å². The highest BCUT2D eigenvalue weighted by atomic mass is 16.3. The second kappa shape index (κ2) is 3.76. The summed E-state index contributed by atoms with van der Waals surface area (Å²) >= 11 is 0. The molecule has 1 nitrogen and oxygen atoms in total. The standard InChI is InChI=1S/C14H12O/c1-2-14(15)10-8-13(9-11-14)12-6-4-3-5-7-12/h1,3-11,13,15H. The number of terminal acetylenes is 1. The summed E-state index contributed by atoms with van der Waals surface area (Å²) in [6.07, 6.45) is 12.4. The molecule has 0 fully saturated rings. The first kappa shape index (κ1) is 9.76. The van der Waals surface area contributed by atoms with Crippen molar-refractivity contribution in [1.29, 1.82) is 0 Å². The SMILES string of the molecule is C#CC1(O)C=CC(c2ccccc2)C=C1. The first-order valence-electron chi connectivity index (χ1n) is 4.87. The number of allylic oxidation sites excluding steroid dienone is 2. The summed E-state index contributed by atoms with van der Waals surface area (Å²) in [4.78, 5) is 0. The molecular formula is C14H12O. The van der Waals surface area contributed by atoms with Crippen LogP contribution in [0.1, 0.15) is 11.5 Å². The maximum atomic E-state index is 9.73. The molecule has 0 amide bonds. The Bertz CT molecular complexity index is 420. The van der Waals surface area contributed by atoms with Crippen LogP contribution in [0.25, 0.3) is 0 Å². The van der Waals surface area contributed by atoms with E-state index in [1.54, 1.807) is 12.2 Å². The molecule has 1 aromatic carbocycles. The molecule has 0 saturated carbocycles. The molecule has 0 atom stereocenters. The van der Waals surface area contributed by atoms with E-state index in [1.807, 2.05) is 30.4 Å². The summed E-state index contributed by atoms with van der Waals surface area (Å²) in [7, 11) is 0. The van der Waals surface area contributed by atoms with Gasteiger partial charge in [-0.25, -0.2) is 0 Å². The van der Waals surface area contributed by atoms with Crippen molar-refractivity contribution in [2.75, 3.05) is 0 Å². The maximum Gasteiger partial charge on any atom is 0.162 e. The third kappa shape index (κ3) is 2.01. The van der Waals surface area contributed by atoms with E-state index >= 15 is 0 Å². The molecule has 1 aliphatic carbocycles. The van der Waals surface area contributed by atoms with E-state index in [0.29, 0.717) is 0 Å². The van der Waals surface area contributed by atoms with Crippen LogP contribution in [0.4, 0.5) is 0 Å². The molecule has 1 N–H and O–H groups in total. The average molecular weight is 196 g/mol. The van der Waals surface area contributed by atoms with Gasteiger partial charge >= 0.3 is 0 Å². The van der Waals surface area contributed by atoms with Crippen molar-refractivity contribution in [2.24, 2.45) is 0 Å². The predicted octanol–water partition coefficient (Wildman–Crippen LogP) is 2.26. The van der Waals surface area contributed by atoms with Gasteiger partial charge in [0.15, 0.2) is 5.60 Å². The van der Waals surface area contributed by atoms with Crippen LogP contribution in [-0.2, 0) is 0 Å². The Balaban J connectivity index is 2.23. The lowest BCUT2D eigenvalue weighted by molar-refractivity contribution is 0.202. The van der Waals surface area contributed by atoms with Crippen molar-refractivity contribution < 1.29 is 5.11 Å². The minimum absolute atomic E-state index is 0.208. The van der Waals surface area contributed by atoms with Gasteiger partial charge < -0.3 is 5.11 Å². The number of benzene rings is 1. The molecule has 15 heavy (non-hydrogen) atoms. The number of hydrogen-bond donors (Lipinski definition) is 1. The second-order valence-corrected chi connectivity index (χ2v) is 3.62. The van der Waals surface area contributed by atoms with Crippen LogP contribution in [-0.4, -0.2) is 10.7 Å². The lowest BCUT2D eigenvalue weighted by Gasteiger charge is -2.20. The summed E-state index contributed by atoms with van der Waals surface area (Å²) in [5.74, 6) is 2.54. The predicted molar refractivity (Wildman–Crippen MR) is 61.2 cm³/mol. The van der Waals surface area contributed by atoms with Gasteiger partial charge in [0.1, 0.15) is 0 Å². The van der Waals surface area contributed by atoms with Crippen LogP contribution in [0.3, 0.4) is 0 Å². The third-order valence-corrected chi connectivity index (χ3v) is 2.53. The quantitative estimate of drug-likeness (QED) is 0.539. The van der Waals surface area contributed by atoms with Crippen molar-refractivity contribution in [3.63, 3.8) is 0 Å². The summed E-state index contributed by atoms with van der Waals surface area (Å²) in [5, 5.41) is 9.73. The Labute approximate surface area is 89.8 Å². The lowest BCUT2D eigenvalue weighted by atomic mass is 9.89. The van der Waals surface area contributed by atoms with Crippen LogP contribution in [0.2, 0.25) is 0 Å². The van der Waals surface area contributed by atoms with Crippen LogP contribution in [0, 0.1) is 12.3 Å². The average Bonchev–Trinajstić information content (AvgIpc) is 2.31. The normalized spacial score (nSPS) is 28.7.